The molecule has 0 fully saturated rings. The van der Waals surface area contributed by atoms with Crippen molar-refractivity contribution < 1.29 is 17.9 Å². The molecule has 22 heavy (non-hydrogen) atoms. The molecule has 1 atom stereocenters. The first-order valence-electron chi connectivity index (χ1n) is 6.16. The Hall–Kier alpha value is -2.19. The number of nitriles is 1. The quantitative estimate of drug-likeness (QED) is 0.695. The summed E-state index contributed by atoms with van der Waals surface area (Å²) in [6.45, 7) is 8.71. The number of halogens is 4. The van der Waals surface area contributed by atoms with E-state index >= 15 is 0 Å². The van der Waals surface area contributed by atoms with E-state index in [9.17, 15) is 13.2 Å². The molecule has 0 aromatic heterocycles. The Kier molecular flexibility index (Phi) is 5.84. The van der Waals surface area contributed by atoms with Gasteiger partial charge in [0.15, 0.2) is 0 Å². The third-order valence-electron chi connectivity index (χ3n) is 2.78. The van der Waals surface area contributed by atoms with Crippen LogP contribution >= 0.6 is 11.6 Å². The lowest BCUT2D eigenvalue weighted by Crippen LogP contribution is -2.16. The van der Waals surface area contributed by atoms with Gasteiger partial charge < -0.3 is 4.74 Å². The second-order valence-corrected chi connectivity index (χ2v) is 4.80. The Labute approximate surface area is 131 Å². The topological polar surface area (TPSA) is 33.0 Å². The van der Waals surface area contributed by atoms with Crippen LogP contribution in [0.25, 0.3) is 0 Å². The molecule has 0 radical (unpaired) electrons. The van der Waals surface area contributed by atoms with E-state index in [2.05, 4.69) is 13.2 Å². The van der Waals surface area contributed by atoms with Crippen LogP contribution in [0, 0.1) is 11.3 Å². The third kappa shape index (κ3) is 4.40. The predicted molar refractivity (Wildman–Crippen MR) is 79.5 cm³/mol. The lowest BCUT2D eigenvalue weighted by Gasteiger charge is -2.18. The summed E-state index contributed by atoms with van der Waals surface area (Å²) in [6, 6.07) is 4.66. The molecule has 0 heterocycles. The van der Waals surface area contributed by atoms with E-state index in [0.717, 1.165) is 12.1 Å². The molecule has 0 aliphatic rings. The maximum Gasteiger partial charge on any atom is 0.417 e. The van der Waals surface area contributed by atoms with Crippen molar-refractivity contribution in [1.82, 2.24) is 0 Å². The summed E-state index contributed by atoms with van der Waals surface area (Å²) < 4.78 is 44.1. The summed E-state index contributed by atoms with van der Waals surface area (Å²) >= 11 is 5.82. The van der Waals surface area contributed by atoms with Crippen LogP contribution in [-0.2, 0) is 6.18 Å². The molecule has 2 nitrogen and oxygen atoms in total. The molecule has 1 aromatic carbocycles. The number of allylic oxidation sites excluding steroid dienone is 2. The molecule has 116 valence electrons. The van der Waals surface area contributed by atoms with Crippen LogP contribution in [0.1, 0.15) is 18.1 Å². The Morgan fingerprint density at radius 1 is 1.45 bits per heavy atom. The molecular weight excluding hydrogens is 315 g/mol. The second-order valence-electron chi connectivity index (χ2n) is 4.34. The average molecular weight is 328 g/mol. The van der Waals surface area contributed by atoms with Crippen LogP contribution < -0.4 is 4.74 Å². The van der Waals surface area contributed by atoms with E-state index in [0.29, 0.717) is 5.57 Å². The number of nitrogens with zero attached hydrogens (tertiary/aromatic N) is 1. The molecular formula is C16H13ClF3NO. The van der Waals surface area contributed by atoms with Crippen LogP contribution in [0.5, 0.6) is 5.75 Å². The maximum absolute atomic E-state index is 12.9. The van der Waals surface area contributed by atoms with Gasteiger partial charge in [-0.15, -0.1) is 0 Å². The van der Waals surface area contributed by atoms with Crippen molar-refractivity contribution in [2.45, 2.75) is 19.2 Å². The van der Waals surface area contributed by atoms with Gasteiger partial charge in [0.2, 0.25) is 0 Å². The van der Waals surface area contributed by atoms with Crippen molar-refractivity contribution in [3.8, 4) is 11.8 Å². The van der Waals surface area contributed by atoms with Crippen molar-refractivity contribution in [2.24, 2.45) is 0 Å². The monoisotopic (exact) mass is 327 g/mol. The van der Waals surface area contributed by atoms with Crippen molar-refractivity contribution in [2.75, 3.05) is 0 Å². The van der Waals surface area contributed by atoms with Gasteiger partial charge in [0.1, 0.15) is 11.9 Å². The second kappa shape index (κ2) is 7.19. The number of hydrogen-bond acceptors (Lipinski definition) is 2. The number of rotatable bonds is 5. The van der Waals surface area contributed by atoms with Crippen LogP contribution in [-0.4, -0.2) is 6.10 Å². The van der Waals surface area contributed by atoms with Gasteiger partial charge in [0.05, 0.1) is 17.2 Å². The summed E-state index contributed by atoms with van der Waals surface area (Å²) in [4.78, 5) is 0. The van der Waals surface area contributed by atoms with Crippen LogP contribution in [0.2, 0.25) is 0 Å². The van der Waals surface area contributed by atoms with E-state index < -0.39 is 23.4 Å². The summed E-state index contributed by atoms with van der Waals surface area (Å²) in [6.07, 6.45) is -2.22. The van der Waals surface area contributed by atoms with Gasteiger partial charge in [-0.1, -0.05) is 36.9 Å². The van der Waals surface area contributed by atoms with Crippen molar-refractivity contribution in [3.63, 3.8) is 0 Å². The number of hydrogen-bond donors (Lipinski definition) is 0. The van der Waals surface area contributed by atoms with E-state index in [1.165, 1.54) is 18.2 Å². The minimum absolute atomic E-state index is 0.0216. The first kappa shape index (κ1) is 17.9. The highest BCUT2D eigenvalue weighted by atomic mass is 35.5. The fourth-order valence-electron chi connectivity index (χ4n) is 1.77. The SMILES string of the molecule is C=C/C=C(\C(=C)Cl)C(C)Oc1ccc(C#N)c(C(F)(F)F)c1. The molecule has 6 heteroatoms. The first-order valence-corrected chi connectivity index (χ1v) is 6.54. The maximum atomic E-state index is 12.9. The highest BCUT2D eigenvalue weighted by Crippen LogP contribution is 2.34. The van der Waals surface area contributed by atoms with E-state index in [1.54, 1.807) is 13.0 Å². The van der Waals surface area contributed by atoms with Crippen molar-refractivity contribution in [3.05, 3.63) is 65.2 Å². The Morgan fingerprint density at radius 2 is 2.09 bits per heavy atom. The molecule has 1 rings (SSSR count). The number of ether oxygens (including phenoxy) is 1. The molecule has 0 spiro atoms. The lowest BCUT2D eigenvalue weighted by atomic mass is 10.1. The number of benzene rings is 1. The van der Waals surface area contributed by atoms with E-state index in [1.807, 2.05) is 0 Å². The van der Waals surface area contributed by atoms with Crippen LogP contribution in [0.15, 0.2) is 54.1 Å². The smallest absolute Gasteiger partial charge is 0.417 e. The predicted octanol–water partition coefficient (Wildman–Crippen LogP) is 5.21. The fraction of sp³-hybridized carbons (Fsp3) is 0.188. The molecule has 0 saturated carbocycles. The molecule has 0 bridgehead atoms. The Balaban J connectivity index is 3.15. The summed E-state index contributed by atoms with van der Waals surface area (Å²) in [5.41, 5.74) is -1.01. The van der Waals surface area contributed by atoms with Gasteiger partial charge in [0, 0.05) is 10.6 Å². The zero-order valence-electron chi connectivity index (χ0n) is 11.7. The Morgan fingerprint density at radius 3 is 2.55 bits per heavy atom. The summed E-state index contributed by atoms with van der Waals surface area (Å²) in [5, 5.41) is 8.95. The minimum Gasteiger partial charge on any atom is -0.486 e. The largest absolute Gasteiger partial charge is 0.486 e. The Bertz CT molecular complexity index is 656. The van der Waals surface area contributed by atoms with Gasteiger partial charge in [-0.2, -0.15) is 18.4 Å². The van der Waals surface area contributed by atoms with Gasteiger partial charge in [-0.05, 0) is 25.1 Å². The zero-order chi connectivity index (χ0) is 16.9. The molecule has 0 saturated heterocycles. The fourth-order valence-corrected chi connectivity index (χ4v) is 1.99. The molecule has 1 unspecified atom stereocenters. The van der Waals surface area contributed by atoms with Gasteiger partial charge in [-0.3, -0.25) is 0 Å². The van der Waals surface area contributed by atoms with Crippen molar-refractivity contribution >= 4 is 11.6 Å². The summed E-state index contributed by atoms with van der Waals surface area (Å²) in [5.74, 6) is -0.0216. The van der Waals surface area contributed by atoms with Gasteiger partial charge >= 0.3 is 6.18 Å². The average Bonchev–Trinajstić information content (AvgIpc) is 2.43. The third-order valence-corrected chi connectivity index (χ3v) is 3.00. The van der Waals surface area contributed by atoms with Gasteiger partial charge in [-0.25, -0.2) is 0 Å². The highest BCUT2D eigenvalue weighted by molar-refractivity contribution is 6.31. The van der Waals surface area contributed by atoms with E-state index in [-0.39, 0.29) is 10.8 Å². The standard InChI is InChI=1S/C16H13ClF3NO/c1-4-5-14(10(2)17)11(3)22-13-7-6-12(9-21)15(8-13)16(18,19)20/h4-8,11H,1-2H2,3H3/b14-5+. The number of alkyl halides is 3. The minimum atomic E-state index is -4.64. The molecule has 0 N–H and O–H groups in total. The van der Waals surface area contributed by atoms with Crippen LogP contribution in [0.4, 0.5) is 13.2 Å². The van der Waals surface area contributed by atoms with Crippen LogP contribution in [0.3, 0.4) is 0 Å². The molecule has 1 aromatic rings. The molecule has 0 amide bonds. The van der Waals surface area contributed by atoms with Gasteiger partial charge in [0.25, 0.3) is 0 Å². The zero-order valence-corrected chi connectivity index (χ0v) is 12.5. The first-order chi connectivity index (χ1) is 10.2. The normalized spacial score (nSPS) is 13.2. The molecule has 0 aliphatic heterocycles. The lowest BCUT2D eigenvalue weighted by molar-refractivity contribution is -0.137. The van der Waals surface area contributed by atoms with Crippen molar-refractivity contribution in [1.29, 1.82) is 5.26 Å². The van der Waals surface area contributed by atoms with E-state index in [4.69, 9.17) is 21.6 Å². The highest BCUT2D eigenvalue weighted by Gasteiger charge is 2.34. The summed E-state index contributed by atoms with van der Waals surface area (Å²) in [7, 11) is 0. The molecule has 0 aliphatic carbocycles.